The summed E-state index contributed by atoms with van der Waals surface area (Å²) in [7, 11) is -4.12. The first kappa shape index (κ1) is 30.9. The maximum absolute atomic E-state index is 12.9. The Morgan fingerprint density at radius 1 is 0.921 bits per heavy atom. The van der Waals surface area contributed by atoms with Gasteiger partial charge in [0.2, 0.25) is 10.0 Å². The number of hydrogen-bond acceptors (Lipinski definition) is 10. The van der Waals surface area contributed by atoms with Crippen molar-refractivity contribution in [3.8, 4) is 0 Å². The van der Waals surface area contributed by atoms with E-state index in [1.807, 2.05) is 0 Å². The summed E-state index contributed by atoms with van der Waals surface area (Å²) in [5.74, 6) is 3.15. The summed E-state index contributed by atoms with van der Waals surface area (Å²) in [6.07, 6.45) is -2.97. The number of carbonyl (C=O) groups is 4. The molecule has 2 rings (SSSR count). The summed E-state index contributed by atoms with van der Waals surface area (Å²) in [6, 6.07) is 9.98. The Kier molecular flexibility index (Phi) is 9.77. The topological polar surface area (TPSA) is 174 Å². The molecular weight excluding hydrogens is 536 g/mol. The maximum Gasteiger partial charge on any atom is 0.432 e. The van der Waals surface area contributed by atoms with Gasteiger partial charge in [-0.15, -0.1) is 11.3 Å². The number of amides is 3. The van der Waals surface area contributed by atoms with Crippen molar-refractivity contribution in [2.24, 2.45) is 5.84 Å². The van der Waals surface area contributed by atoms with Gasteiger partial charge in [-0.3, -0.25) is 14.4 Å². The standard InChI is InChI=1S/C24H32N4O8S2/c1-23(2,3)35-19(29)14-18(27-38(33,34)15-10-8-7-9-11-15)26-20(30)16-12-13-17(37-16)21(31)28(25)22(32)36-24(4,5)6/h7-13,18,27H,14,25H2,1-6H3,(H,26,30). The van der Waals surface area contributed by atoms with E-state index < -0.39 is 57.7 Å². The molecular formula is C24H32N4O8S2. The van der Waals surface area contributed by atoms with Gasteiger partial charge in [0.05, 0.1) is 21.1 Å². The van der Waals surface area contributed by atoms with Crippen LogP contribution in [0.5, 0.6) is 0 Å². The number of imide groups is 1. The van der Waals surface area contributed by atoms with Crippen LogP contribution in [0.3, 0.4) is 0 Å². The summed E-state index contributed by atoms with van der Waals surface area (Å²) < 4.78 is 38.3. The van der Waals surface area contributed by atoms with Crippen LogP contribution in [0.1, 0.15) is 67.3 Å². The van der Waals surface area contributed by atoms with Crippen LogP contribution in [-0.2, 0) is 24.3 Å². The van der Waals surface area contributed by atoms with Gasteiger partial charge in [-0.05, 0) is 65.8 Å². The summed E-state index contributed by atoms with van der Waals surface area (Å²) in [5.41, 5.74) is -1.72. The van der Waals surface area contributed by atoms with Gasteiger partial charge in [-0.2, -0.15) is 9.73 Å². The van der Waals surface area contributed by atoms with E-state index in [0.717, 1.165) is 0 Å². The molecule has 1 unspecified atom stereocenters. The van der Waals surface area contributed by atoms with E-state index in [4.69, 9.17) is 15.3 Å². The van der Waals surface area contributed by atoms with Crippen LogP contribution < -0.4 is 15.9 Å². The molecule has 1 aromatic carbocycles. The summed E-state index contributed by atoms with van der Waals surface area (Å²) in [6.45, 7) is 9.77. The number of ether oxygens (including phenoxy) is 2. The van der Waals surface area contributed by atoms with Gasteiger partial charge in [0, 0.05) is 0 Å². The van der Waals surface area contributed by atoms with Gasteiger partial charge in [-0.1, -0.05) is 18.2 Å². The lowest BCUT2D eigenvalue weighted by Crippen LogP contribution is -2.49. The normalized spacial score (nSPS) is 12.8. The lowest BCUT2D eigenvalue weighted by molar-refractivity contribution is -0.155. The zero-order chi connectivity index (χ0) is 28.9. The van der Waals surface area contributed by atoms with Gasteiger partial charge in [-0.25, -0.2) is 19.1 Å². The molecule has 0 aliphatic rings. The Hall–Kier alpha value is -3.33. The van der Waals surface area contributed by atoms with Crippen molar-refractivity contribution in [3.05, 3.63) is 52.2 Å². The number of nitrogens with one attached hydrogen (secondary N) is 2. The van der Waals surface area contributed by atoms with Gasteiger partial charge in [0.1, 0.15) is 17.4 Å². The third-order valence-corrected chi connectivity index (χ3v) is 6.86. The quantitative estimate of drug-likeness (QED) is 0.142. The third-order valence-electron chi connectivity index (χ3n) is 4.30. The van der Waals surface area contributed by atoms with Crippen molar-refractivity contribution in [1.82, 2.24) is 15.0 Å². The van der Waals surface area contributed by atoms with E-state index in [9.17, 15) is 27.6 Å². The number of hydrazine groups is 1. The predicted molar refractivity (Wildman–Crippen MR) is 139 cm³/mol. The van der Waals surface area contributed by atoms with Gasteiger partial charge in [0.15, 0.2) is 0 Å². The van der Waals surface area contributed by atoms with Crippen molar-refractivity contribution in [2.45, 2.75) is 70.2 Å². The molecule has 0 bridgehead atoms. The van der Waals surface area contributed by atoms with Crippen LogP contribution in [0.2, 0.25) is 0 Å². The molecule has 0 aliphatic heterocycles. The number of nitrogens with two attached hydrogens (primary N) is 1. The highest BCUT2D eigenvalue weighted by molar-refractivity contribution is 7.89. The SMILES string of the molecule is CC(C)(C)OC(=O)CC(NC(=O)c1ccc(C(=O)N(N)C(=O)OC(C)(C)C)s1)NS(=O)(=O)c1ccccc1. The molecule has 1 aromatic heterocycles. The average Bonchev–Trinajstić information content (AvgIpc) is 3.26. The van der Waals surface area contributed by atoms with Gasteiger partial charge < -0.3 is 14.8 Å². The smallest absolute Gasteiger partial charge is 0.432 e. The fraction of sp³-hybridized carbons (Fsp3) is 0.417. The van der Waals surface area contributed by atoms with E-state index in [2.05, 4.69) is 10.0 Å². The second-order valence-corrected chi connectivity index (χ2v) is 12.9. The number of hydrogen-bond donors (Lipinski definition) is 3. The van der Waals surface area contributed by atoms with Gasteiger partial charge >= 0.3 is 12.1 Å². The summed E-state index contributed by atoms with van der Waals surface area (Å²) in [5, 5.41) is 2.73. The Bertz CT molecular complexity index is 1280. The predicted octanol–water partition coefficient (Wildman–Crippen LogP) is 2.77. The minimum absolute atomic E-state index is 0.000892. The summed E-state index contributed by atoms with van der Waals surface area (Å²) >= 11 is 0.714. The van der Waals surface area contributed by atoms with E-state index in [1.54, 1.807) is 47.6 Å². The Balaban J connectivity index is 2.21. The van der Waals surface area contributed by atoms with Crippen LogP contribution in [0, 0.1) is 0 Å². The lowest BCUT2D eigenvalue weighted by Gasteiger charge is -2.23. The van der Waals surface area contributed by atoms with Crippen molar-refractivity contribution < 1.29 is 37.1 Å². The number of sulfonamides is 1. The number of rotatable bonds is 8. The first-order valence-electron chi connectivity index (χ1n) is 11.4. The molecule has 38 heavy (non-hydrogen) atoms. The number of thiophene rings is 1. The molecule has 0 radical (unpaired) electrons. The lowest BCUT2D eigenvalue weighted by atomic mass is 10.2. The van der Waals surface area contributed by atoms with Crippen LogP contribution in [0.4, 0.5) is 4.79 Å². The first-order valence-corrected chi connectivity index (χ1v) is 13.7. The minimum atomic E-state index is -4.12. The Labute approximate surface area is 225 Å². The van der Waals surface area contributed by atoms with Crippen LogP contribution >= 0.6 is 11.3 Å². The molecule has 0 saturated heterocycles. The number of esters is 1. The van der Waals surface area contributed by atoms with Crippen molar-refractivity contribution in [2.75, 3.05) is 0 Å². The van der Waals surface area contributed by atoms with Gasteiger partial charge in [0.25, 0.3) is 11.8 Å². The zero-order valence-corrected chi connectivity index (χ0v) is 23.6. The fourth-order valence-corrected chi connectivity index (χ4v) is 4.86. The molecule has 14 heteroatoms. The van der Waals surface area contributed by atoms with Crippen LogP contribution in [-0.4, -0.2) is 54.7 Å². The molecule has 0 spiro atoms. The van der Waals surface area contributed by atoms with E-state index >= 15 is 0 Å². The highest BCUT2D eigenvalue weighted by Gasteiger charge is 2.29. The molecule has 208 valence electrons. The molecule has 3 amide bonds. The van der Waals surface area contributed by atoms with Crippen molar-refractivity contribution >= 4 is 45.2 Å². The first-order chi connectivity index (χ1) is 17.4. The molecule has 2 aromatic rings. The minimum Gasteiger partial charge on any atom is -0.460 e. The molecule has 0 aliphatic carbocycles. The van der Waals surface area contributed by atoms with Crippen molar-refractivity contribution in [3.63, 3.8) is 0 Å². The third kappa shape index (κ3) is 9.52. The second kappa shape index (κ2) is 12.0. The largest absolute Gasteiger partial charge is 0.460 e. The average molecular weight is 569 g/mol. The summed E-state index contributed by atoms with van der Waals surface area (Å²) in [4.78, 5) is 49.9. The number of carbonyl (C=O) groups excluding carboxylic acids is 4. The highest BCUT2D eigenvalue weighted by Crippen LogP contribution is 2.20. The fourth-order valence-electron chi connectivity index (χ4n) is 2.84. The zero-order valence-electron chi connectivity index (χ0n) is 21.9. The highest BCUT2D eigenvalue weighted by atomic mass is 32.2. The second-order valence-electron chi connectivity index (χ2n) is 10.1. The number of nitrogens with zero attached hydrogens (tertiary/aromatic N) is 1. The molecule has 1 atom stereocenters. The Morgan fingerprint density at radius 3 is 2.03 bits per heavy atom. The number of benzene rings is 1. The van der Waals surface area contributed by atoms with Crippen molar-refractivity contribution in [1.29, 1.82) is 0 Å². The van der Waals surface area contributed by atoms with E-state index in [0.29, 0.717) is 11.3 Å². The molecule has 0 fully saturated rings. The van der Waals surface area contributed by atoms with Crippen LogP contribution in [0.15, 0.2) is 47.4 Å². The molecule has 1 heterocycles. The molecule has 4 N–H and O–H groups in total. The molecule has 12 nitrogen and oxygen atoms in total. The monoisotopic (exact) mass is 568 g/mol. The van der Waals surface area contributed by atoms with Crippen LogP contribution in [0.25, 0.3) is 0 Å². The molecule has 0 saturated carbocycles. The van der Waals surface area contributed by atoms with E-state index in [1.165, 1.54) is 36.4 Å². The van der Waals surface area contributed by atoms with E-state index in [-0.39, 0.29) is 19.7 Å². The Morgan fingerprint density at radius 2 is 1.47 bits per heavy atom. The maximum atomic E-state index is 12.9.